The number of thiol groups is 1. The Morgan fingerprint density at radius 1 is 1.41 bits per heavy atom. The van der Waals surface area contributed by atoms with Crippen molar-refractivity contribution < 1.29 is 38.9 Å². The van der Waals surface area contributed by atoms with Crippen molar-refractivity contribution in [3.63, 3.8) is 0 Å². The Bertz CT molecular complexity index is 567. The summed E-state index contributed by atoms with van der Waals surface area (Å²) in [4.78, 5) is 25.9. The molecule has 0 unspecified atom stereocenters. The van der Waals surface area contributed by atoms with E-state index in [-0.39, 0.29) is 24.5 Å². The van der Waals surface area contributed by atoms with Crippen LogP contribution in [-0.2, 0) is 23.8 Å². The molecule has 0 bridgehead atoms. The average Bonchev–Trinajstić information content (AvgIpc) is 2.56. The predicted molar refractivity (Wildman–Crippen MR) is 98.4 cm³/mol. The number of hydroxylamine groups is 1. The fraction of sp³-hybridized carbons (Fsp3) is 0.529. The van der Waals surface area contributed by atoms with Crippen molar-refractivity contribution >= 4 is 24.8 Å². The summed E-state index contributed by atoms with van der Waals surface area (Å²) in [7, 11) is 0. The number of allylic oxidation sites excluding steroid dienone is 3. The van der Waals surface area contributed by atoms with Gasteiger partial charge >= 0.3 is 12.1 Å². The van der Waals surface area contributed by atoms with Crippen LogP contribution in [-0.4, -0.2) is 46.8 Å². The van der Waals surface area contributed by atoms with Crippen LogP contribution in [0.4, 0.5) is 4.79 Å². The molecule has 152 valence electrons. The standard InChI is InChI=1S/C17H25NO8S/c1-11(18-26-12(2)19)14(7-5-3-4-6-8-23-17(21)22)24-15-9-13(20)10-16(27)25-15/h3,5,7,13,15-16,18,20,27H,1,4,6,8-10H2,2H3,(H,21,22)/b5-3+,14-7+/t13-,15-,16-/m1/s1. The lowest BCUT2D eigenvalue weighted by atomic mass is 10.1. The molecule has 1 rings (SSSR count). The normalized spacial score (nSPS) is 22.9. The topological polar surface area (TPSA) is 124 Å². The van der Waals surface area contributed by atoms with Crippen LogP contribution < -0.4 is 5.48 Å². The third-order valence-corrected chi connectivity index (χ3v) is 3.58. The van der Waals surface area contributed by atoms with Crippen LogP contribution in [0, 0.1) is 0 Å². The van der Waals surface area contributed by atoms with Gasteiger partial charge in [0.25, 0.3) is 0 Å². The number of nitrogens with one attached hydrogen (secondary N) is 1. The number of aliphatic hydroxyl groups excluding tert-OH is 1. The molecule has 0 aromatic heterocycles. The van der Waals surface area contributed by atoms with E-state index in [0.717, 1.165) is 0 Å². The molecule has 1 aliphatic heterocycles. The number of hydrogen-bond acceptors (Lipinski definition) is 9. The molecule has 0 aromatic carbocycles. The van der Waals surface area contributed by atoms with Gasteiger partial charge < -0.3 is 29.3 Å². The SMILES string of the molecule is C=C(NOC(C)=O)/C(=C\C=C\CCCOC(=O)O)O[C@H]1C[C@@H](O)C[C@@H](S)O1. The van der Waals surface area contributed by atoms with E-state index in [9.17, 15) is 14.7 Å². The molecule has 3 N–H and O–H groups in total. The molecule has 27 heavy (non-hydrogen) atoms. The molecule has 1 aliphatic rings. The second kappa shape index (κ2) is 12.3. The number of carbonyl (C=O) groups is 2. The zero-order valence-electron chi connectivity index (χ0n) is 15.0. The highest BCUT2D eigenvalue weighted by Crippen LogP contribution is 2.25. The Balaban J connectivity index is 2.64. The third-order valence-electron chi connectivity index (χ3n) is 3.25. The van der Waals surface area contributed by atoms with E-state index in [1.54, 1.807) is 18.2 Å². The molecule has 1 saturated heterocycles. The van der Waals surface area contributed by atoms with Crippen LogP contribution in [0.1, 0.15) is 32.6 Å². The fourth-order valence-corrected chi connectivity index (χ4v) is 2.44. The first-order valence-electron chi connectivity index (χ1n) is 8.31. The highest BCUT2D eigenvalue weighted by Gasteiger charge is 2.28. The van der Waals surface area contributed by atoms with Gasteiger partial charge in [-0.2, -0.15) is 0 Å². The quantitative estimate of drug-likeness (QED) is 0.109. The number of aliphatic hydroxyl groups is 1. The van der Waals surface area contributed by atoms with Crippen molar-refractivity contribution in [2.24, 2.45) is 0 Å². The number of unbranched alkanes of at least 4 members (excludes halogenated alkanes) is 1. The summed E-state index contributed by atoms with van der Waals surface area (Å²) in [6, 6.07) is 0. The summed E-state index contributed by atoms with van der Waals surface area (Å²) in [5.74, 6) is -0.307. The van der Waals surface area contributed by atoms with Crippen molar-refractivity contribution in [1.29, 1.82) is 0 Å². The van der Waals surface area contributed by atoms with Gasteiger partial charge in [0, 0.05) is 19.8 Å². The van der Waals surface area contributed by atoms with Gasteiger partial charge in [-0.15, -0.1) is 12.6 Å². The highest BCUT2D eigenvalue weighted by molar-refractivity contribution is 7.80. The van der Waals surface area contributed by atoms with Crippen molar-refractivity contribution in [2.45, 2.75) is 50.4 Å². The molecule has 0 aliphatic carbocycles. The van der Waals surface area contributed by atoms with Crippen molar-refractivity contribution in [2.75, 3.05) is 6.61 Å². The Labute approximate surface area is 163 Å². The minimum Gasteiger partial charge on any atom is -0.463 e. The van der Waals surface area contributed by atoms with Gasteiger partial charge in [-0.25, -0.2) is 10.3 Å². The highest BCUT2D eigenvalue weighted by atomic mass is 32.1. The van der Waals surface area contributed by atoms with Crippen LogP contribution >= 0.6 is 12.6 Å². The molecule has 0 saturated carbocycles. The molecule has 0 radical (unpaired) electrons. The van der Waals surface area contributed by atoms with Gasteiger partial charge in [0.15, 0.2) is 0 Å². The molecule has 1 fully saturated rings. The van der Waals surface area contributed by atoms with Gasteiger partial charge in [-0.1, -0.05) is 18.7 Å². The Kier molecular flexibility index (Phi) is 10.4. The zero-order valence-corrected chi connectivity index (χ0v) is 15.9. The number of ether oxygens (including phenoxy) is 3. The first-order chi connectivity index (χ1) is 12.8. The van der Waals surface area contributed by atoms with Crippen LogP contribution in [0.15, 0.2) is 36.3 Å². The molecule has 0 amide bonds. The second-order valence-corrected chi connectivity index (χ2v) is 6.23. The summed E-state index contributed by atoms with van der Waals surface area (Å²) >= 11 is 4.20. The Hall–Kier alpha value is -2.17. The van der Waals surface area contributed by atoms with E-state index < -0.39 is 30.0 Å². The predicted octanol–water partition coefficient (Wildman–Crippen LogP) is 2.25. The minimum absolute atomic E-state index is 0.102. The number of carbonyl (C=O) groups excluding carboxylic acids is 1. The maximum Gasteiger partial charge on any atom is 0.505 e. The van der Waals surface area contributed by atoms with Crippen molar-refractivity contribution in [3.05, 3.63) is 36.3 Å². The second-order valence-electron chi connectivity index (χ2n) is 5.65. The lowest BCUT2D eigenvalue weighted by Crippen LogP contribution is -2.35. The van der Waals surface area contributed by atoms with E-state index >= 15 is 0 Å². The van der Waals surface area contributed by atoms with E-state index in [1.165, 1.54) is 6.92 Å². The van der Waals surface area contributed by atoms with Crippen molar-refractivity contribution in [1.82, 2.24) is 5.48 Å². The van der Waals surface area contributed by atoms with Gasteiger partial charge in [0.2, 0.25) is 6.29 Å². The molecular formula is C17H25NO8S. The molecule has 9 nitrogen and oxygen atoms in total. The van der Waals surface area contributed by atoms with E-state index in [1.807, 2.05) is 0 Å². The fourth-order valence-electron chi connectivity index (χ4n) is 2.06. The Morgan fingerprint density at radius 2 is 2.15 bits per heavy atom. The summed E-state index contributed by atoms with van der Waals surface area (Å²) < 4.78 is 15.6. The monoisotopic (exact) mass is 403 g/mol. The average molecular weight is 403 g/mol. The van der Waals surface area contributed by atoms with E-state index in [0.29, 0.717) is 19.3 Å². The molecular weight excluding hydrogens is 378 g/mol. The Morgan fingerprint density at radius 3 is 2.78 bits per heavy atom. The summed E-state index contributed by atoms with van der Waals surface area (Å²) in [5.41, 5.74) is 2.10. The molecule has 0 spiro atoms. The van der Waals surface area contributed by atoms with Crippen LogP contribution in [0.25, 0.3) is 0 Å². The van der Waals surface area contributed by atoms with Gasteiger partial charge in [-0.05, 0) is 18.9 Å². The largest absolute Gasteiger partial charge is 0.505 e. The third kappa shape index (κ3) is 10.5. The van der Waals surface area contributed by atoms with Crippen molar-refractivity contribution in [3.8, 4) is 0 Å². The summed E-state index contributed by atoms with van der Waals surface area (Å²) in [5, 5.41) is 18.2. The lowest BCUT2D eigenvalue weighted by Gasteiger charge is -2.31. The van der Waals surface area contributed by atoms with E-state index in [2.05, 4.69) is 34.3 Å². The maximum atomic E-state index is 10.9. The molecule has 1 heterocycles. The number of carboxylic acid groups (broad SMARTS) is 1. The number of hydrogen-bond donors (Lipinski definition) is 4. The minimum atomic E-state index is -1.31. The van der Waals surface area contributed by atoms with Crippen LogP contribution in [0.2, 0.25) is 0 Å². The maximum absolute atomic E-state index is 10.9. The van der Waals surface area contributed by atoms with Crippen LogP contribution in [0.5, 0.6) is 0 Å². The van der Waals surface area contributed by atoms with Gasteiger partial charge in [-0.3, -0.25) is 4.79 Å². The van der Waals surface area contributed by atoms with Gasteiger partial charge in [0.1, 0.15) is 16.9 Å². The smallest absolute Gasteiger partial charge is 0.463 e. The number of rotatable bonds is 10. The zero-order chi connectivity index (χ0) is 20.2. The summed E-state index contributed by atoms with van der Waals surface area (Å²) in [6.07, 6.45) is 4.15. The van der Waals surface area contributed by atoms with Gasteiger partial charge in [0.05, 0.1) is 12.7 Å². The van der Waals surface area contributed by atoms with Crippen LogP contribution in [0.3, 0.4) is 0 Å². The first-order valence-corrected chi connectivity index (χ1v) is 8.83. The van der Waals surface area contributed by atoms with E-state index in [4.69, 9.17) is 14.6 Å². The molecule has 0 aromatic rings. The molecule has 10 heteroatoms. The first kappa shape index (κ1) is 22.9. The lowest BCUT2D eigenvalue weighted by molar-refractivity contribution is -0.174. The molecule has 3 atom stereocenters. The summed E-state index contributed by atoms with van der Waals surface area (Å²) in [6.45, 7) is 5.07.